The van der Waals surface area contributed by atoms with Crippen molar-refractivity contribution in [3.8, 4) is 0 Å². The van der Waals surface area contributed by atoms with Crippen LogP contribution in [0.2, 0.25) is 0 Å². The number of piperidine rings is 1. The van der Waals surface area contributed by atoms with Gasteiger partial charge in [0.15, 0.2) is 9.84 Å². The van der Waals surface area contributed by atoms with Crippen molar-refractivity contribution in [1.29, 1.82) is 0 Å². The van der Waals surface area contributed by atoms with Crippen LogP contribution in [0.5, 0.6) is 0 Å². The third-order valence-corrected chi connectivity index (χ3v) is 6.70. The predicted molar refractivity (Wildman–Crippen MR) is 113 cm³/mol. The summed E-state index contributed by atoms with van der Waals surface area (Å²) in [5.74, 6) is -0.741. The Morgan fingerprint density at radius 2 is 1.75 bits per heavy atom. The van der Waals surface area contributed by atoms with E-state index >= 15 is 0 Å². The largest absolute Gasteiger partial charge is 0.355 e. The zero-order valence-electron chi connectivity index (χ0n) is 18.3. The van der Waals surface area contributed by atoms with E-state index in [1.807, 2.05) is 21.0 Å². The van der Waals surface area contributed by atoms with Gasteiger partial charge in [0.05, 0.1) is 5.75 Å². The van der Waals surface area contributed by atoms with Crippen LogP contribution in [0.15, 0.2) is 0 Å². The molecule has 1 heterocycles. The van der Waals surface area contributed by atoms with Gasteiger partial charge >= 0.3 is 0 Å². The fraction of sp³-hybridized carbons (Fsp3) is 0.900. The van der Waals surface area contributed by atoms with E-state index in [-0.39, 0.29) is 28.9 Å². The quantitative estimate of drug-likeness (QED) is 0.515. The van der Waals surface area contributed by atoms with E-state index in [1.165, 1.54) is 0 Å². The van der Waals surface area contributed by atoms with Crippen LogP contribution in [0.25, 0.3) is 0 Å². The van der Waals surface area contributed by atoms with E-state index in [9.17, 15) is 18.0 Å². The van der Waals surface area contributed by atoms with Crippen LogP contribution < -0.4 is 5.32 Å². The van der Waals surface area contributed by atoms with Crippen molar-refractivity contribution in [3.05, 3.63) is 0 Å². The Balaban J connectivity index is 2.41. The molecule has 0 aromatic rings. The maximum absolute atomic E-state index is 12.5. The fourth-order valence-corrected chi connectivity index (χ4v) is 5.04. The Morgan fingerprint density at radius 1 is 1.14 bits per heavy atom. The lowest BCUT2D eigenvalue weighted by molar-refractivity contribution is -0.133. The minimum atomic E-state index is -3.34. The highest BCUT2D eigenvalue weighted by molar-refractivity contribution is 7.92. The Labute approximate surface area is 171 Å². The number of nitrogens with one attached hydrogen (secondary N) is 1. The van der Waals surface area contributed by atoms with Crippen LogP contribution in [0.3, 0.4) is 0 Å². The van der Waals surface area contributed by atoms with Crippen molar-refractivity contribution in [2.24, 2.45) is 11.3 Å². The first-order valence-corrected chi connectivity index (χ1v) is 12.2. The SMILES string of the molecule is CCCCCS(=O)(=O)CC(=O)N1CCC(C(=O)NCC(C)(C)CN(C)C)CC1. The average Bonchev–Trinajstić information content (AvgIpc) is 2.58. The van der Waals surface area contributed by atoms with Gasteiger partial charge in [-0.25, -0.2) is 8.42 Å². The lowest BCUT2D eigenvalue weighted by atomic mass is 9.91. The average molecular weight is 418 g/mol. The van der Waals surface area contributed by atoms with Crippen molar-refractivity contribution < 1.29 is 18.0 Å². The maximum atomic E-state index is 12.5. The number of rotatable bonds is 11. The van der Waals surface area contributed by atoms with Crippen LogP contribution in [0, 0.1) is 11.3 Å². The zero-order chi connectivity index (χ0) is 21.4. The molecule has 1 fully saturated rings. The number of hydrogen-bond acceptors (Lipinski definition) is 5. The molecule has 0 unspecified atom stereocenters. The van der Waals surface area contributed by atoms with Gasteiger partial charge in [0.1, 0.15) is 5.75 Å². The summed E-state index contributed by atoms with van der Waals surface area (Å²) in [5, 5.41) is 3.04. The zero-order valence-corrected chi connectivity index (χ0v) is 19.1. The number of carbonyl (C=O) groups excluding carboxylic acids is 2. The van der Waals surface area contributed by atoms with Gasteiger partial charge in [0.25, 0.3) is 0 Å². The molecule has 0 saturated carbocycles. The summed E-state index contributed by atoms with van der Waals surface area (Å²) in [7, 11) is 0.687. The van der Waals surface area contributed by atoms with Gasteiger partial charge in [-0.1, -0.05) is 33.6 Å². The van der Waals surface area contributed by atoms with E-state index in [2.05, 4.69) is 24.1 Å². The molecular formula is C20H39N3O4S. The van der Waals surface area contributed by atoms with Crippen LogP contribution in [-0.2, 0) is 19.4 Å². The lowest BCUT2D eigenvalue weighted by Gasteiger charge is -2.33. The molecule has 1 N–H and O–H groups in total. The molecule has 2 amide bonds. The molecule has 1 rings (SSSR count). The molecule has 0 spiro atoms. The number of carbonyl (C=O) groups is 2. The highest BCUT2D eigenvalue weighted by Crippen LogP contribution is 2.19. The second-order valence-corrected chi connectivity index (χ2v) is 11.3. The van der Waals surface area contributed by atoms with Gasteiger partial charge in [-0.05, 0) is 38.8 Å². The Hall–Kier alpha value is -1.15. The number of hydrogen-bond donors (Lipinski definition) is 1. The summed E-state index contributed by atoms with van der Waals surface area (Å²) in [6.07, 6.45) is 3.59. The third-order valence-electron chi connectivity index (χ3n) is 5.11. The number of amides is 2. The highest BCUT2D eigenvalue weighted by atomic mass is 32.2. The van der Waals surface area contributed by atoms with Crippen LogP contribution in [0.4, 0.5) is 0 Å². The van der Waals surface area contributed by atoms with Gasteiger partial charge in [-0.3, -0.25) is 9.59 Å². The van der Waals surface area contributed by atoms with Crippen LogP contribution in [-0.4, -0.2) is 81.8 Å². The molecule has 0 atom stereocenters. The van der Waals surface area contributed by atoms with Crippen LogP contribution in [0.1, 0.15) is 52.9 Å². The molecule has 164 valence electrons. The van der Waals surface area contributed by atoms with E-state index in [1.54, 1.807) is 4.90 Å². The first kappa shape index (κ1) is 24.9. The topological polar surface area (TPSA) is 86.8 Å². The minimum Gasteiger partial charge on any atom is -0.355 e. The summed E-state index contributed by atoms with van der Waals surface area (Å²) < 4.78 is 24.1. The summed E-state index contributed by atoms with van der Waals surface area (Å²) in [6.45, 7) is 8.64. The molecule has 8 heteroatoms. The molecule has 1 aliphatic heterocycles. The normalized spacial score (nSPS) is 16.4. The van der Waals surface area contributed by atoms with Crippen molar-refractivity contribution >= 4 is 21.7 Å². The molecule has 1 aliphatic rings. The molecular weight excluding hydrogens is 378 g/mol. The maximum Gasteiger partial charge on any atom is 0.237 e. The number of nitrogens with zero attached hydrogens (tertiary/aromatic N) is 2. The predicted octanol–water partition coefficient (Wildman–Crippen LogP) is 1.53. The first-order chi connectivity index (χ1) is 13.0. The van der Waals surface area contributed by atoms with Crippen molar-refractivity contribution in [3.63, 3.8) is 0 Å². The summed E-state index contributed by atoms with van der Waals surface area (Å²) in [4.78, 5) is 28.5. The van der Waals surface area contributed by atoms with Gasteiger partial charge in [-0.15, -0.1) is 0 Å². The summed E-state index contributed by atoms with van der Waals surface area (Å²) >= 11 is 0. The smallest absolute Gasteiger partial charge is 0.237 e. The molecule has 7 nitrogen and oxygen atoms in total. The van der Waals surface area contributed by atoms with Crippen molar-refractivity contribution in [2.75, 3.05) is 51.8 Å². The van der Waals surface area contributed by atoms with E-state index < -0.39 is 15.6 Å². The lowest BCUT2D eigenvalue weighted by Crippen LogP contribution is -2.47. The molecule has 0 radical (unpaired) electrons. The fourth-order valence-electron chi connectivity index (χ4n) is 3.70. The van der Waals surface area contributed by atoms with Gasteiger partial charge in [0.2, 0.25) is 11.8 Å². The molecule has 28 heavy (non-hydrogen) atoms. The summed E-state index contributed by atoms with van der Waals surface area (Å²) in [5.41, 5.74) is -0.0119. The first-order valence-electron chi connectivity index (χ1n) is 10.4. The van der Waals surface area contributed by atoms with Gasteiger partial charge in [-0.2, -0.15) is 0 Å². The van der Waals surface area contributed by atoms with E-state index in [0.29, 0.717) is 38.9 Å². The van der Waals surface area contributed by atoms with Crippen molar-refractivity contribution in [1.82, 2.24) is 15.1 Å². The van der Waals surface area contributed by atoms with Gasteiger partial charge < -0.3 is 15.1 Å². The van der Waals surface area contributed by atoms with E-state index in [0.717, 1.165) is 19.4 Å². The number of unbranched alkanes of at least 4 members (excludes halogenated alkanes) is 2. The van der Waals surface area contributed by atoms with E-state index in [4.69, 9.17) is 0 Å². The molecule has 0 aliphatic carbocycles. The number of sulfone groups is 1. The molecule has 1 saturated heterocycles. The standard InChI is InChI=1S/C20H39N3O4S/c1-6-7-8-13-28(26,27)14-18(24)23-11-9-17(10-12-23)19(25)21-15-20(2,3)16-22(4)5/h17H,6-16H2,1-5H3,(H,21,25). The molecule has 0 aromatic carbocycles. The molecule has 0 bridgehead atoms. The third kappa shape index (κ3) is 9.37. The van der Waals surface area contributed by atoms with Gasteiger partial charge in [0, 0.05) is 32.1 Å². The summed E-state index contributed by atoms with van der Waals surface area (Å²) in [6, 6.07) is 0. The number of likely N-dealkylation sites (tertiary alicyclic amines) is 1. The van der Waals surface area contributed by atoms with Crippen LogP contribution >= 0.6 is 0 Å². The Bertz CT molecular complexity index is 609. The second-order valence-electron chi connectivity index (χ2n) is 9.07. The Kier molecular flexibility index (Phi) is 9.90. The van der Waals surface area contributed by atoms with Crippen molar-refractivity contribution in [2.45, 2.75) is 52.9 Å². The second kappa shape index (κ2) is 11.1. The monoisotopic (exact) mass is 417 g/mol. The minimum absolute atomic E-state index is 0.0119. The molecule has 0 aromatic heterocycles. The Morgan fingerprint density at radius 3 is 2.29 bits per heavy atom. The highest BCUT2D eigenvalue weighted by Gasteiger charge is 2.30.